The van der Waals surface area contributed by atoms with E-state index in [-0.39, 0.29) is 17.5 Å². The van der Waals surface area contributed by atoms with Crippen LogP contribution >= 0.6 is 23.1 Å². The van der Waals surface area contributed by atoms with Gasteiger partial charge in [0.15, 0.2) is 11.0 Å². The second-order valence-corrected chi connectivity index (χ2v) is 11.6. The topological polar surface area (TPSA) is 72.7 Å². The van der Waals surface area contributed by atoms with Gasteiger partial charge in [-0.25, -0.2) is 9.37 Å². The first kappa shape index (κ1) is 26.9. The highest BCUT2D eigenvalue weighted by molar-refractivity contribution is 7.99. The molecule has 9 heteroatoms. The number of nitrogens with zero attached hydrogens (tertiary/aromatic N) is 4. The number of hydrogen-bond acceptors (Lipinski definition) is 6. The van der Waals surface area contributed by atoms with E-state index in [9.17, 15) is 9.18 Å². The Bertz CT molecular complexity index is 1820. The van der Waals surface area contributed by atoms with Crippen LogP contribution in [0.5, 0.6) is 0 Å². The van der Waals surface area contributed by atoms with Gasteiger partial charge in [-0.3, -0.25) is 4.79 Å². The summed E-state index contributed by atoms with van der Waals surface area (Å²) in [6, 6.07) is 30.5. The molecule has 0 spiro atoms. The Balaban J connectivity index is 1.14. The lowest BCUT2D eigenvalue weighted by atomic mass is 10.1. The molecule has 0 aliphatic rings. The minimum atomic E-state index is -0.362. The number of anilines is 1. The molecule has 41 heavy (non-hydrogen) atoms. The average molecular weight is 580 g/mol. The van der Waals surface area contributed by atoms with Crippen LogP contribution in [0, 0.1) is 12.7 Å². The quantitative estimate of drug-likeness (QED) is 0.178. The second kappa shape index (κ2) is 12.0. The highest BCUT2D eigenvalue weighted by Gasteiger charge is 2.18. The number of fused-ring (bicyclic) bond motifs is 1. The number of carbonyl (C=O) groups is 1. The number of aromatic nitrogens is 4. The van der Waals surface area contributed by atoms with Crippen molar-refractivity contribution >= 4 is 44.9 Å². The molecule has 6 rings (SSSR count). The van der Waals surface area contributed by atoms with E-state index < -0.39 is 0 Å². The van der Waals surface area contributed by atoms with Gasteiger partial charge >= 0.3 is 0 Å². The van der Waals surface area contributed by atoms with Gasteiger partial charge in [0, 0.05) is 17.8 Å². The van der Waals surface area contributed by atoms with E-state index in [1.54, 1.807) is 29.5 Å². The van der Waals surface area contributed by atoms with E-state index in [1.807, 2.05) is 53.1 Å². The fourth-order valence-electron chi connectivity index (χ4n) is 4.50. The van der Waals surface area contributed by atoms with Gasteiger partial charge in [-0.15, -0.1) is 21.5 Å². The Hall–Kier alpha value is -4.34. The SMILES string of the molecule is Cc1ccc2nc(-c3ccc(NC(=O)CSc4nnc(-c5ccccc5F)n4CCc4ccccc4)cc3)sc2c1. The van der Waals surface area contributed by atoms with Crippen LogP contribution in [0.15, 0.2) is 102 Å². The Kier molecular flexibility index (Phi) is 7.89. The van der Waals surface area contributed by atoms with Crippen LogP contribution < -0.4 is 5.32 Å². The predicted molar refractivity (Wildman–Crippen MR) is 165 cm³/mol. The third kappa shape index (κ3) is 6.21. The van der Waals surface area contributed by atoms with Crippen molar-refractivity contribution in [3.05, 3.63) is 114 Å². The van der Waals surface area contributed by atoms with E-state index in [0.29, 0.717) is 28.8 Å². The summed E-state index contributed by atoms with van der Waals surface area (Å²) in [5, 5.41) is 13.1. The van der Waals surface area contributed by atoms with Crippen molar-refractivity contribution in [1.82, 2.24) is 19.7 Å². The molecule has 0 radical (unpaired) electrons. The van der Waals surface area contributed by atoms with Gasteiger partial charge in [0.1, 0.15) is 10.8 Å². The van der Waals surface area contributed by atoms with Gasteiger partial charge in [-0.05, 0) is 73.0 Å². The number of nitrogens with one attached hydrogen (secondary N) is 1. The van der Waals surface area contributed by atoms with Crippen LogP contribution in [-0.4, -0.2) is 31.4 Å². The molecule has 0 aliphatic heterocycles. The molecule has 0 bridgehead atoms. The first-order valence-corrected chi connectivity index (χ1v) is 15.0. The minimum Gasteiger partial charge on any atom is -0.325 e. The lowest BCUT2D eigenvalue weighted by Gasteiger charge is -2.11. The summed E-state index contributed by atoms with van der Waals surface area (Å²) in [7, 11) is 0. The number of carbonyl (C=O) groups excluding carboxylic acids is 1. The summed E-state index contributed by atoms with van der Waals surface area (Å²) in [6.07, 6.45) is 0.723. The number of rotatable bonds is 9. The molecule has 4 aromatic carbocycles. The zero-order chi connectivity index (χ0) is 28.2. The number of aryl methyl sites for hydroxylation is 2. The van der Waals surface area contributed by atoms with Crippen molar-refractivity contribution in [2.24, 2.45) is 0 Å². The molecule has 0 atom stereocenters. The number of hydrogen-bond donors (Lipinski definition) is 1. The summed E-state index contributed by atoms with van der Waals surface area (Å²) in [4.78, 5) is 17.6. The van der Waals surface area contributed by atoms with Gasteiger partial charge in [0.2, 0.25) is 5.91 Å². The lowest BCUT2D eigenvalue weighted by Crippen LogP contribution is -2.15. The summed E-state index contributed by atoms with van der Waals surface area (Å²) < 4.78 is 17.7. The third-order valence-electron chi connectivity index (χ3n) is 6.59. The third-order valence-corrected chi connectivity index (χ3v) is 8.62. The predicted octanol–water partition coefficient (Wildman–Crippen LogP) is 7.64. The second-order valence-electron chi connectivity index (χ2n) is 9.58. The Labute approximate surface area is 245 Å². The Morgan fingerprint density at radius 3 is 2.54 bits per heavy atom. The van der Waals surface area contributed by atoms with E-state index in [0.717, 1.165) is 32.8 Å². The van der Waals surface area contributed by atoms with Crippen LogP contribution in [0.2, 0.25) is 0 Å². The van der Waals surface area contributed by atoms with Crippen molar-refractivity contribution in [3.8, 4) is 22.0 Å². The van der Waals surface area contributed by atoms with Crippen LogP contribution in [0.3, 0.4) is 0 Å². The molecule has 0 saturated carbocycles. The van der Waals surface area contributed by atoms with Crippen molar-refractivity contribution in [1.29, 1.82) is 0 Å². The van der Waals surface area contributed by atoms with E-state index >= 15 is 0 Å². The van der Waals surface area contributed by atoms with Crippen LogP contribution in [0.25, 0.3) is 32.2 Å². The summed E-state index contributed by atoms with van der Waals surface area (Å²) in [5.74, 6) is 0.0602. The largest absolute Gasteiger partial charge is 0.325 e. The van der Waals surface area contributed by atoms with Gasteiger partial charge in [-0.2, -0.15) is 0 Å². The maximum Gasteiger partial charge on any atom is 0.234 e. The monoisotopic (exact) mass is 579 g/mol. The molecule has 0 saturated heterocycles. The zero-order valence-corrected chi connectivity index (χ0v) is 23.9. The standard InChI is InChI=1S/C32H26FN5OS2/c1-21-11-16-27-28(19-21)41-31(35-27)23-12-14-24(15-13-23)34-29(39)20-40-32-37-36-30(25-9-5-6-10-26(25)33)38(32)18-17-22-7-3-2-4-8-22/h2-16,19H,17-18,20H2,1H3,(H,34,39). The van der Waals surface area contributed by atoms with Gasteiger partial charge in [0.25, 0.3) is 0 Å². The fraction of sp³-hybridized carbons (Fsp3) is 0.125. The van der Waals surface area contributed by atoms with E-state index in [2.05, 4.69) is 46.7 Å². The number of amides is 1. The maximum absolute atomic E-state index is 14.6. The molecular formula is C32H26FN5OS2. The normalized spacial score (nSPS) is 11.2. The van der Waals surface area contributed by atoms with Gasteiger partial charge in [0.05, 0.1) is 21.5 Å². The number of halogens is 1. The Morgan fingerprint density at radius 1 is 0.951 bits per heavy atom. The summed E-state index contributed by atoms with van der Waals surface area (Å²) in [6.45, 7) is 2.63. The molecule has 2 aromatic heterocycles. The number of thioether (sulfide) groups is 1. The van der Waals surface area contributed by atoms with Crippen molar-refractivity contribution in [3.63, 3.8) is 0 Å². The van der Waals surface area contributed by atoms with Crippen LogP contribution in [0.1, 0.15) is 11.1 Å². The zero-order valence-electron chi connectivity index (χ0n) is 22.3. The Morgan fingerprint density at radius 2 is 1.73 bits per heavy atom. The first-order valence-electron chi connectivity index (χ1n) is 13.2. The van der Waals surface area contributed by atoms with Crippen LogP contribution in [0.4, 0.5) is 10.1 Å². The minimum absolute atomic E-state index is 0.139. The average Bonchev–Trinajstić information content (AvgIpc) is 3.60. The van der Waals surface area contributed by atoms with Crippen molar-refractivity contribution in [2.75, 3.05) is 11.1 Å². The highest BCUT2D eigenvalue weighted by Crippen LogP contribution is 2.31. The molecule has 0 unspecified atom stereocenters. The smallest absolute Gasteiger partial charge is 0.234 e. The summed E-state index contributed by atoms with van der Waals surface area (Å²) in [5.41, 5.74) is 5.44. The molecule has 1 N–H and O–H groups in total. The van der Waals surface area contributed by atoms with Crippen molar-refractivity contribution in [2.45, 2.75) is 25.0 Å². The molecule has 1 amide bonds. The van der Waals surface area contributed by atoms with Gasteiger partial charge < -0.3 is 9.88 Å². The molecule has 204 valence electrons. The first-order chi connectivity index (χ1) is 20.0. The molecular weight excluding hydrogens is 554 g/mol. The molecule has 6 nitrogen and oxygen atoms in total. The number of thiazole rings is 1. The molecule has 0 fully saturated rings. The molecule has 6 aromatic rings. The lowest BCUT2D eigenvalue weighted by molar-refractivity contribution is -0.113. The van der Waals surface area contributed by atoms with Crippen LogP contribution in [-0.2, 0) is 17.8 Å². The summed E-state index contributed by atoms with van der Waals surface area (Å²) >= 11 is 2.94. The molecule has 2 heterocycles. The number of benzene rings is 4. The maximum atomic E-state index is 14.6. The molecule has 0 aliphatic carbocycles. The van der Waals surface area contributed by atoms with E-state index in [1.165, 1.54) is 23.4 Å². The fourth-order valence-corrected chi connectivity index (χ4v) is 6.34. The van der Waals surface area contributed by atoms with Gasteiger partial charge in [-0.1, -0.05) is 60.3 Å². The highest BCUT2D eigenvalue weighted by atomic mass is 32.2. The van der Waals surface area contributed by atoms with Crippen molar-refractivity contribution < 1.29 is 9.18 Å². The van der Waals surface area contributed by atoms with E-state index in [4.69, 9.17) is 4.98 Å².